The molecule has 0 fully saturated rings. The first-order chi connectivity index (χ1) is 8.63. The Kier molecular flexibility index (Phi) is 6.15. The lowest BCUT2D eigenvalue weighted by molar-refractivity contribution is -0.138. The highest BCUT2D eigenvalue weighted by Crippen LogP contribution is 2.06. The van der Waals surface area contributed by atoms with Gasteiger partial charge in [-0.25, -0.2) is 4.79 Å². The van der Waals surface area contributed by atoms with Gasteiger partial charge in [-0.1, -0.05) is 30.3 Å². The lowest BCUT2D eigenvalue weighted by atomic mass is 10.2. The molecule has 3 nitrogen and oxygen atoms in total. The van der Waals surface area contributed by atoms with Crippen molar-refractivity contribution in [3.05, 3.63) is 47.5 Å². The van der Waals surface area contributed by atoms with E-state index in [-0.39, 0.29) is 12.1 Å². The van der Waals surface area contributed by atoms with Crippen LogP contribution in [0.15, 0.2) is 42.0 Å². The second-order valence-electron chi connectivity index (χ2n) is 4.07. The molecule has 1 aromatic rings. The van der Waals surface area contributed by atoms with Crippen LogP contribution in [0.1, 0.15) is 26.3 Å². The molecule has 0 heterocycles. The van der Waals surface area contributed by atoms with Crippen molar-refractivity contribution in [1.29, 1.82) is 0 Å². The summed E-state index contributed by atoms with van der Waals surface area (Å²) < 4.78 is 10.5. The van der Waals surface area contributed by atoms with Crippen LogP contribution in [-0.2, 0) is 20.9 Å². The van der Waals surface area contributed by atoms with Crippen molar-refractivity contribution in [1.82, 2.24) is 0 Å². The fourth-order valence-electron chi connectivity index (χ4n) is 1.52. The molecule has 1 atom stereocenters. The maximum absolute atomic E-state index is 11.4. The number of hydrogen-bond acceptors (Lipinski definition) is 3. The van der Waals surface area contributed by atoms with Gasteiger partial charge in [-0.05, 0) is 32.4 Å². The number of esters is 1. The third-order valence-corrected chi connectivity index (χ3v) is 2.44. The monoisotopic (exact) mass is 248 g/mol. The summed E-state index contributed by atoms with van der Waals surface area (Å²) in [5.74, 6) is -0.285. The highest BCUT2D eigenvalue weighted by molar-refractivity contribution is 5.87. The van der Waals surface area contributed by atoms with Gasteiger partial charge >= 0.3 is 5.97 Å². The van der Waals surface area contributed by atoms with Crippen LogP contribution in [0.3, 0.4) is 0 Å². The third kappa shape index (κ3) is 5.15. The van der Waals surface area contributed by atoms with E-state index in [2.05, 4.69) is 0 Å². The third-order valence-electron chi connectivity index (χ3n) is 2.44. The predicted octanol–water partition coefficient (Wildman–Crippen LogP) is 3.10. The number of carbonyl (C=O) groups excluding carboxylic acids is 1. The summed E-state index contributed by atoms with van der Waals surface area (Å²) in [4.78, 5) is 11.4. The minimum absolute atomic E-state index is 0.116. The van der Waals surface area contributed by atoms with Crippen LogP contribution >= 0.6 is 0 Å². The van der Waals surface area contributed by atoms with E-state index in [0.29, 0.717) is 18.8 Å². The smallest absolute Gasteiger partial charge is 0.333 e. The summed E-state index contributed by atoms with van der Waals surface area (Å²) >= 11 is 0. The molecule has 0 saturated carbocycles. The number of rotatable bonds is 6. The maximum Gasteiger partial charge on any atom is 0.333 e. The zero-order valence-electron chi connectivity index (χ0n) is 11.2. The van der Waals surface area contributed by atoms with Gasteiger partial charge in [-0.15, -0.1) is 0 Å². The number of carbonyl (C=O) groups is 1. The van der Waals surface area contributed by atoms with Crippen molar-refractivity contribution in [2.75, 3.05) is 6.61 Å². The van der Waals surface area contributed by atoms with Crippen molar-refractivity contribution in [2.45, 2.75) is 33.5 Å². The molecule has 18 heavy (non-hydrogen) atoms. The molecular weight excluding hydrogens is 228 g/mol. The van der Waals surface area contributed by atoms with Gasteiger partial charge in [-0.2, -0.15) is 0 Å². The first-order valence-corrected chi connectivity index (χ1v) is 6.14. The van der Waals surface area contributed by atoms with Crippen LogP contribution in [0, 0.1) is 0 Å². The molecule has 0 aromatic heterocycles. The summed E-state index contributed by atoms with van der Waals surface area (Å²) in [6.07, 6.45) is 1.66. The molecule has 0 aliphatic carbocycles. The molecule has 1 rings (SSSR count). The van der Waals surface area contributed by atoms with Gasteiger partial charge in [0.25, 0.3) is 0 Å². The molecule has 98 valence electrons. The zero-order valence-corrected chi connectivity index (χ0v) is 11.2. The Morgan fingerprint density at radius 2 is 2.00 bits per heavy atom. The van der Waals surface area contributed by atoms with Crippen molar-refractivity contribution >= 4 is 5.97 Å². The van der Waals surface area contributed by atoms with Gasteiger partial charge in [0.15, 0.2) is 0 Å². The molecule has 0 aliphatic heterocycles. The Balaban J connectivity index is 2.43. The van der Waals surface area contributed by atoms with Crippen LogP contribution in [0.4, 0.5) is 0 Å². The normalized spacial score (nSPS) is 13.2. The quantitative estimate of drug-likeness (QED) is 0.573. The van der Waals surface area contributed by atoms with E-state index < -0.39 is 0 Å². The molecule has 0 saturated heterocycles. The van der Waals surface area contributed by atoms with Crippen molar-refractivity contribution in [2.24, 2.45) is 0 Å². The van der Waals surface area contributed by atoms with E-state index in [1.165, 1.54) is 0 Å². The number of ether oxygens (including phenoxy) is 2. The fraction of sp³-hybridized carbons (Fsp3) is 0.400. The average Bonchev–Trinajstić information content (AvgIpc) is 2.38. The Bertz CT molecular complexity index is 395. The van der Waals surface area contributed by atoms with Gasteiger partial charge in [0.2, 0.25) is 0 Å². The number of hydrogen-bond donors (Lipinski definition) is 0. The lowest BCUT2D eigenvalue weighted by Gasteiger charge is -2.10. The number of benzene rings is 1. The second-order valence-corrected chi connectivity index (χ2v) is 4.07. The molecule has 0 radical (unpaired) electrons. The van der Waals surface area contributed by atoms with Gasteiger partial charge < -0.3 is 9.47 Å². The molecule has 0 aliphatic rings. The Hall–Kier alpha value is -1.61. The van der Waals surface area contributed by atoms with E-state index in [1.54, 1.807) is 19.9 Å². The van der Waals surface area contributed by atoms with Gasteiger partial charge in [-0.3, -0.25) is 0 Å². The van der Waals surface area contributed by atoms with Crippen LogP contribution in [0.2, 0.25) is 0 Å². The van der Waals surface area contributed by atoms with E-state index >= 15 is 0 Å². The second kappa shape index (κ2) is 7.67. The largest absolute Gasteiger partial charge is 0.463 e. The first kappa shape index (κ1) is 14.5. The average molecular weight is 248 g/mol. The summed E-state index contributed by atoms with van der Waals surface area (Å²) in [6, 6.07) is 9.94. The van der Waals surface area contributed by atoms with Gasteiger partial charge in [0.05, 0.1) is 19.3 Å². The topological polar surface area (TPSA) is 35.5 Å². The summed E-state index contributed by atoms with van der Waals surface area (Å²) in [5, 5.41) is 0. The van der Waals surface area contributed by atoms with Gasteiger partial charge in [0.1, 0.15) is 0 Å². The molecule has 0 bridgehead atoms. The molecule has 1 unspecified atom stereocenters. The predicted molar refractivity (Wildman–Crippen MR) is 71.1 cm³/mol. The van der Waals surface area contributed by atoms with Crippen molar-refractivity contribution in [3.63, 3.8) is 0 Å². The zero-order chi connectivity index (χ0) is 13.4. The van der Waals surface area contributed by atoms with Crippen LogP contribution < -0.4 is 0 Å². The highest BCUT2D eigenvalue weighted by Gasteiger charge is 2.07. The maximum atomic E-state index is 11.4. The molecule has 0 spiro atoms. The van der Waals surface area contributed by atoms with Gasteiger partial charge in [0, 0.05) is 5.57 Å². The van der Waals surface area contributed by atoms with Crippen LogP contribution in [-0.4, -0.2) is 18.7 Å². The van der Waals surface area contributed by atoms with E-state index in [4.69, 9.17) is 9.47 Å². The summed E-state index contributed by atoms with van der Waals surface area (Å²) in [5.41, 5.74) is 1.70. The molecular formula is C15H20O3. The minimum atomic E-state index is -0.285. The molecule has 1 aromatic carbocycles. The molecule has 0 N–H and O–H groups in total. The van der Waals surface area contributed by atoms with Crippen LogP contribution in [0.5, 0.6) is 0 Å². The van der Waals surface area contributed by atoms with Crippen molar-refractivity contribution < 1.29 is 14.3 Å². The SMILES string of the molecule is CCOC(=O)/C(C)=C/C(C)OCc1ccccc1. The molecule has 0 amide bonds. The molecule has 3 heteroatoms. The first-order valence-electron chi connectivity index (χ1n) is 6.14. The summed E-state index contributed by atoms with van der Waals surface area (Å²) in [7, 11) is 0. The Morgan fingerprint density at radius 1 is 1.33 bits per heavy atom. The van der Waals surface area contributed by atoms with E-state index in [0.717, 1.165) is 5.56 Å². The summed E-state index contributed by atoms with van der Waals surface area (Å²) in [6.45, 7) is 6.37. The van der Waals surface area contributed by atoms with Crippen molar-refractivity contribution in [3.8, 4) is 0 Å². The lowest BCUT2D eigenvalue weighted by Crippen LogP contribution is -2.10. The minimum Gasteiger partial charge on any atom is -0.463 e. The Labute approximate surface area is 108 Å². The fourth-order valence-corrected chi connectivity index (χ4v) is 1.52. The van der Waals surface area contributed by atoms with Crippen LogP contribution in [0.25, 0.3) is 0 Å². The Morgan fingerprint density at radius 3 is 2.61 bits per heavy atom. The van der Waals surface area contributed by atoms with E-state index in [1.807, 2.05) is 37.3 Å². The standard InChI is InChI=1S/C15H20O3/c1-4-17-15(16)12(2)10-13(3)18-11-14-8-6-5-7-9-14/h5-10,13H,4,11H2,1-3H3/b12-10+. The highest BCUT2D eigenvalue weighted by atomic mass is 16.5. The van der Waals surface area contributed by atoms with E-state index in [9.17, 15) is 4.79 Å².